The lowest BCUT2D eigenvalue weighted by molar-refractivity contribution is -0.152. The molecule has 0 bridgehead atoms. The van der Waals surface area contributed by atoms with Crippen LogP contribution in [0.15, 0.2) is 85.0 Å². The zero-order valence-electron chi connectivity index (χ0n) is 31.1. The van der Waals surface area contributed by atoms with Gasteiger partial charge in [0.2, 0.25) is 0 Å². The van der Waals surface area contributed by atoms with E-state index in [-0.39, 0.29) is 51.5 Å². The number of methoxy groups -OCH3 is 2. The van der Waals surface area contributed by atoms with Gasteiger partial charge in [-0.25, -0.2) is 9.59 Å². The van der Waals surface area contributed by atoms with Crippen LogP contribution in [-0.2, 0) is 29.7 Å². The maximum atomic E-state index is 13.3. The fourth-order valence-electron chi connectivity index (χ4n) is 5.42. The Morgan fingerprint density at radius 1 is 1.02 bits per heavy atom. The summed E-state index contributed by atoms with van der Waals surface area (Å²) in [7, 11) is 2.88. The molecule has 1 aliphatic heterocycles. The third-order valence-corrected chi connectivity index (χ3v) is 8.91. The first-order valence-electron chi connectivity index (χ1n) is 17.2. The van der Waals surface area contributed by atoms with E-state index >= 15 is 0 Å². The van der Waals surface area contributed by atoms with Crippen molar-refractivity contribution in [2.24, 2.45) is 5.92 Å². The minimum atomic E-state index is -1.19. The van der Waals surface area contributed by atoms with Gasteiger partial charge in [-0.3, -0.25) is 0 Å². The van der Waals surface area contributed by atoms with E-state index in [0.29, 0.717) is 16.9 Å². The molecule has 0 aromatic heterocycles. The number of hydrogen-bond donors (Lipinski definition) is 1. The molecule has 52 heavy (non-hydrogen) atoms. The Morgan fingerprint density at radius 3 is 2.44 bits per heavy atom. The molecule has 0 saturated carbocycles. The lowest BCUT2D eigenvalue weighted by Crippen LogP contribution is -2.37. The summed E-state index contributed by atoms with van der Waals surface area (Å²) in [5, 5.41) is 10.2. The highest BCUT2D eigenvalue weighted by atomic mass is 32.7. The van der Waals surface area contributed by atoms with Crippen LogP contribution in [0.1, 0.15) is 66.0 Å². The van der Waals surface area contributed by atoms with E-state index in [1.165, 1.54) is 13.2 Å². The van der Waals surface area contributed by atoms with E-state index in [1.54, 1.807) is 69.5 Å². The zero-order chi connectivity index (χ0) is 38.4. The van der Waals surface area contributed by atoms with E-state index in [4.69, 9.17) is 38.6 Å². The highest BCUT2D eigenvalue weighted by molar-refractivity contribution is 8.40. The molecular formula is C39H47O11PS. The smallest absolute Gasteiger partial charge is 0.340 e. The first-order valence-corrected chi connectivity index (χ1v) is 18.7. The van der Waals surface area contributed by atoms with Crippen LogP contribution in [0.3, 0.4) is 0 Å². The van der Waals surface area contributed by atoms with Gasteiger partial charge in [-0.2, -0.15) is 0 Å². The van der Waals surface area contributed by atoms with Crippen LogP contribution >= 0.6 is 20.0 Å². The summed E-state index contributed by atoms with van der Waals surface area (Å²) in [5.41, 5.74) is 1.55. The summed E-state index contributed by atoms with van der Waals surface area (Å²) in [6, 6.07) is 19.3. The Hall–Kier alpha value is -3.90. The molecule has 0 amide bonds. The van der Waals surface area contributed by atoms with Crippen molar-refractivity contribution in [3.63, 3.8) is 0 Å². The number of hydrogen-bond acceptors (Lipinski definition) is 11. The molecule has 0 aliphatic carbocycles. The predicted octanol–water partition coefficient (Wildman–Crippen LogP) is 8.14. The van der Waals surface area contributed by atoms with Crippen LogP contribution in [0.5, 0.6) is 17.2 Å². The molecule has 280 valence electrons. The van der Waals surface area contributed by atoms with E-state index in [0.717, 1.165) is 23.0 Å². The van der Waals surface area contributed by atoms with E-state index < -0.39 is 36.0 Å². The summed E-state index contributed by atoms with van der Waals surface area (Å²) in [6.45, 7) is 7.50. The Balaban J connectivity index is 1.62. The van der Waals surface area contributed by atoms with E-state index in [9.17, 15) is 14.7 Å². The third kappa shape index (κ3) is 11.8. The molecule has 0 spiro atoms. The molecule has 13 heteroatoms. The molecule has 0 radical (unpaired) electrons. The Morgan fingerprint density at radius 2 is 1.77 bits per heavy atom. The number of carbonyl (C=O) groups excluding carboxylic acids is 1. The molecule has 4 rings (SSSR count). The van der Waals surface area contributed by atoms with Crippen LogP contribution in [0, 0.1) is 5.92 Å². The average molecular weight is 757 g/mol. The van der Waals surface area contributed by atoms with E-state index in [1.807, 2.05) is 50.3 Å². The van der Waals surface area contributed by atoms with Gasteiger partial charge in [0, 0.05) is 30.8 Å². The van der Waals surface area contributed by atoms with Crippen molar-refractivity contribution in [1.29, 1.82) is 1.28 Å². The Bertz CT molecular complexity index is 1690. The maximum absolute atomic E-state index is 13.3. The lowest BCUT2D eigenvalue weighted by Gasteiger charge is -2.25. The second-order valence-corrected chi connectivity index (χ2v) is 13.4. The number of ether oxygens (including phenoxy) is 7. The number of esters is 1. The quantitative estimate of drug-likeness (QED) is 0.0393. The summed E-state index contributed by atoms with van der Waals surface area (Å²) in [6.07, 6.45) is 5.07. The van der Waals surface area contributed by atoms with Gasteiger partial charge in [0.15, 0.2) is 12.6 Å². The fourth-order valence-corrected chi connectivity index (χ4v) is 6.20. The summed E-state index contributed by atoms with van der Waals surface area (Å²) >= 11 is 1.09. The molecule has 11 nitrogen and oxygen atoms in total. The standard InChI is InChI=1S/C39H47O11PS/c1-25(26(2)50-52-51)15-20-32(47-38(42)28-11-8-7-9-12-28)36-33(48-39(3,4)49-36)14-10-13-29-21-31(22-34(46-24-43-5)35(29)37(40)41)45-23-27-16-18-30(44-6)19-17-27/h7-13,15-22,25-26,32-33,36H,14,23-24,51H2,1-6H3,(H,40,41)/b13-10+,20-15-/t25-,26+,32?,33+,36-/m1/s1/i51T/t25-,26+,32?,33+,36-,51?. The normalized spacial score (nSPS) is 19.1. The fraction of sp³-hybridized carbons (Fsp3) is 0.385. The minimum absolute atomic E-state index is 0.0670. The number of carbonyl (C=O) groups is 2. The molecule has 1 fully saturated rings. The van der Waals surface area contributed by atoms with Gasteiger partial charge in [-0.1, -0.05) is 55.5 Å². The summed E-state index contributed by atoms with van der Waals surface area (Å²) < 4.78 is 53.8. The summed E-state index contributed by atoms with van der Waals surface area (Å²) in [5.74, 6) is -1.61. The second-order valence-electron chi connectivity index (χ2n) is 12.5. The largest absolute Gasteiger partial charge is 0.497 e. The molecular weight excluding hydrogens is 707 g/mol. The molecule has 2 unspecified atom stereocenters. The van der Waals surface area contributed by atoms with Crippen molar-refractivity contribution in [2.75, 3.05) is 21.0 Å². The number of rotatable bonds is 20. The molecule has 3 aromatic rings. The second kappa shape index (κ2) is 19.8. The van der Waals surface area contributed by atoms with Gasteiger partial charge in [0.05, 0.1) is 26.2 Å². The van der Waals surface area contributed by atoms with Crippen molar-refractivity contribution in [2.45, 2.75) is 70.9 Å². The molecule has 1 saturated heterocycles. The van der Waals surface area contributed by atoms with Gasteiger partial charge in [0.1, 0.15) is 41.6 Å². The van der Waals surface area contributed by atoms with Crippen LogP contribution in [0.4, 0.5) is 0 Å². The molecule has 1 N–H and O–H groups in total. The number of aromatic carboxylic acids is 1. The van der Waals surface area contributed by atoms with Crippen molar-refractivity contribution >= 4 is 38.1 Å². The van der Waals surface area contributed by atoms with Crippen molar-refractivity contribution in [3.05, 3.63) is 107 Å². The SMILES string of the molecule is [3H]PSO[C@@H](C)[C@H](C)/C=C\C(OC(=O)c1ccccc1)[C@H]1OC(C)(C)O[C@H]1C/C=C/c1cc(OCc2ccc(OC)cc2)cc(OCOC)c1C(=O)O. The predicted molar refractivity (Wildman–Crippen MR) is 203 cm³/mol. The first kappa shape index (κ1) is 39.3. The maximum Gasteiger partial charge on any atom is 0.340 e. The number of benzene rings is 3. The van der Waals surface area contributed by atoms with Gasteiger partial charge in [-0.05, 0) is 83.1 Å². The highest BCUT2D eigenvalue weighted by Crippen LogP contribution is 2.35. The van der Waals surface area contributed by atoms with Crippen LogP contribution < -0.4 is 14.2 Å². The van der Waals surface area contributed by atoms with Gasteiger partial charge in [-0.15, -0.1) is 0 Å². The minimum Gasteiger partial charge on any atom is -0.497 e. The first-order chi connectivity index (χ1) is 25.4. The third-order valence-electron chi connectivity index (χ3n) is 8.23. The van der Waals surface area contributed by atoms with Gasteiger partial charge < -0.3 is 42.4 Å². The highest BCUT2D eigenvalue weighted by Gasteiger charge is 2.45. The number of carboxylic acids is 1. The molecule has 1 aliphatic rings. The van der Waals surface area contributed by atoms with Crippen molar-refractivity contribution in [3.8, 4) is 17.2 Å². The average Bonchev–Trinajstić information content (AvgIpc) is 3.47. The lowest BCUT2D eigenvalue weighted by atomic mass is 9.99. The Labute approximate surface area is 313 Å². The summed E-state index contributed by atoms with van der Waals surface area (Å²) in [4.78, 5) is 25.8. The van der Waals surface area contributed by atoms with Crippen molar-refractivity contribution < 1.29 is 52.0 Å². The number of carboxylic acid groups (broad SMARTS) is 1. The van der Waals surface area contributed by atoms with E-state index in [2.05, 4.69) is 0 Å². The van der Waals surface area contributed by atoms with Crippen LogP contribution in [0.25, 0.3) is 6.08 Å². The van der Waals surface area contributed by atoms with Crippen molar-refractivity contribution in [1.82, 2.24) is 0 Å². The monoisotopic (exact) mass is 756 g/mol. The van der Waals surface area contributed by atoms with Crippen LogP contribution in [-0.4, -0.2) is 69.5 Å². The van der Waals surface area contributed by atoms with Gasteiger partial charge in [0.25, 0.3) is 0 Å². The molecule has 3 aromatic carbocycles. The van der Waals surface area contributed by atoms with Crippen LogP contribution in [0.2, 0.25) is 0 Å². The topological polar surface area (TPSA) is 128 Å². The zero-order valence-corrected chi connectivity index (χ0v) is 31.9. The Kier molecular flexibility index (Phi) is 15.0. The molecule has 1 heterocycles. The van der Waals surface area contributed by atoms with Gasteiger partial charge >= 0.3 is 11.9 Å². The molecule has 6 atom stereocenters.